The van der Waals surface area contributed by atoms with Crippen LogP contribution >= 0.6 is 7.52 Å². The topological polar surface area (TPSA) is 209 Å². The quantitative estimate of drug-likeness (QED) is 0.167. The molecule has 2 aromatic rings. The Labute approximate surface area is 212 Å². The molecule has 0 aromatic carbocycles. The fraction of sp³-hybridized carbons (Fsp3) is 0.524. The molecule has 2 aromatic heterocycles. The van der Waals surface area contributed by atoms with Crippen molar-refractivity contribution in [2.75, 3.05) is 38.9 Å². The predicted octanol–water partition coefficient (Wildman–Crippen LogP) is 1.21. The second-order valence-corrected chi connectivity index (χ2v) is 10.4. The van der Waals surface area contributed by atoms with Crippen molar-refractivity contribution >= 4 is 42.4 Å². The molecule has 0 amide bonds. The SMILES string of the molecule is COC(=O)[C@H](C(C)C)N1CCCOP1(=O)COCCn1cnc2c(N)ncnc21.O=C(O)/C=C/C(=O)O. The van der Waals surface area contributed by atoms with Crippen LogP contribution in [0.25, 0.3) is 11.2 Å². The van der Waals surface area contributed by atoms with Crippen molar-refractivity contribution in [3.8, 4) is 0 Å². The van der Waals surface area contributed by atoms with E-state index in [4.69, 9.17) is 29.9 Å². The molecule has 1 aliphatic heterocycles. The summed E-state index contributed by atoms with van der Waals surface area (Å²) in [7, 11) is -1.99. The number of methoxy groups -OCH3 is 1. The van der Waals surface area contributed by atoms with Gasteiger partial charge in [0.15, 0.2) is 11.5 Å². The number of hydrogen-bond acceptors (Lipinski definition) is 11. The largest absolute Gasteiger partial charge is 0.478 e. The maximum atomic E-state index is 13.5. The number of aromatic nitrogens is 4. The molecule has 2 atom stereocenters. The molecule has 0 aliphatic carbocycles. The number of nitrogen functional groups attached to an aromatic ring is 1. The summed E-state index contributed by atoms with van der Waals surface area (Å²) in [5.74, 6) is -2.71. The number of hydrogen-bond donors (Lipinski definition) is 3. The van der Waals surface area contributed by atoms with Gasteiger partial charge in [-0.25, -0.2) is 29.2 Å². The highest BCUT2D eigenvalue weighted by atomic mass is 31.2. The van der Waals surface area contributed by atoms with E-state index in [9.17, 15) is 18.9 Å². The van der Waals surface area contributed by atoms with E-state index in [1.54, 1.807) is 15.6 Å². The fourth-order valence-corrected chi connectivity index (χ4v) is 5.84. The molecule has 1 saturated heterocycles. The van der Waals surface area contributed by atoms with Gasteiger partial charge in [-0.15, -0.1) is 0 Å². The zero-order chi connectivity index (χ0) is 27.6. The normalized spacial score (nSPS) is 18.9. The smallest absolute Gasteiger partial charge is 0.328 e. The highest BCUT2D eigenvalue weighted by molar-refractivity contribution is 7.56. The van der Waals surface area contributed by atoms with Gasteiger partial charge in [-0.05, 0) is 12.3 Å². The first kappa shape index (κ1) is 29.8. The summed E-state index contributed by atoms with van der Waals surface area (Å²) in [4.78, 5) is 43.7. The number of fused-ring (bicyclic) bond motifs is 1. The van der Waals surface area contributed by atoms with Crippen molar-refractivity contribution in [2.24, 2.45) is 5.92 Å². The Morgan fingerprint density at radius 3 is 2.49 bits per heavy atom. The van der Waals surface area contributed by atoms with Crippen molar-refractivity contribution < 1.29 is 43.2 Å². The molecule has 16 heteroatoms. The highest BCUT2D eigenvalue weighted by Gasteiger charge is 2.44. The van der Waals surface area contributed by atoms with E-state index < -0.39 is 31.5 Å². The molecule has 37 heavy (non-hydrogen) atoms. The van der Waals surface area contributed by atoms with Crippen LogP contribution in [0.4, 0.5) is 5.82 Å². The third kappa shape index (κ3) is 8.32. The first-order valence-electron chi connectivity index (χ1n) is 11.2. The van der Waals surface area contributed by atoms with Crippen molar-refractivity contribution in [3.05, 3.63) is 24.8 Å². The first-order chi connectivity index (χ1) is 17.5. The molecule has 204 valence electrons. The second-order valence-electron chi connectivity index (χ2n) is 8.12. The first-order valence-corrected chi connectivity index (χ1v) is 13.0. The summed E-state index contributed by atoms with van der Waals surface area (Å²) >= 11 is 0. The summed E-state index contributed by atoms with van der Waals surface area (Å²) in [6.45, 7) is 5.34. The molecule has 0 bridgehead atoms. The van der Waals surface area contributed by atoms with Gasteiger partial charge in [0.25, 0.3) is 7.52 Å². The van der Waals surface area contributed by atoms with Crippen LogP contribution in [0.2, 0.25) is 0 Å². The highest BCUT2D eigenvalue weighted by Crippen LogP contribution is 2.55. The molecule has 0 radical (unpaired) electrons. The lowest BCUT2D eigenvalue weighted by Gasteiger charge is -2.40. The Morgan fingerprint density at radius 2 is 1.89 bits per heavy atom. The molecule has 1 fully saturated rings. The number of esters is 1. The number of carboxylic acid groups (broad SMARTS) is 2. The average Bonchev–Trinajstić information content (AvgIpc) is 3.26. The van der Waals surface area contributed by atoms with E-state index in [1.165, 1.54) is 13.4 Å². The Morgan fingerprint density at radius 1 is 1.22 bits per heavy atom. The van der Waals surface area contributed by atoms with E-state index >= 15 is 0 Å². The van der Waals surface area contributed by atoms with Gasteiger partial charge in [-0.3, -0.25) is 9.36 Å². The monoisotopic (exact) mass is 542 g/mol. The van der Waals surface area contributed by atoms with Crippen LogP contribution in [0, 0.1) is 5.92 Å². The fourth-order valence-electron chi connectivity index (χ4n) is 3.51. The minimum absolute atomic E-state index is 0.0834. The van der Waals surface area contributed by atoms with Gasteiger partial charge in [0.2, 0.25) is 0 Å². The standard InChI is InChI=1S/C17H27N6O5P.C4H4O4/c1-12(2)14(17(24)26-3)23-5-4-7-28-29(23,25)11-27-8-6-22-10-21-13-15(18)19-9-20-16(13)22;5-3(6)1-2-4(7)8/h9-10,12,14H,4-8,11H2,1-3H3,(H2,18,19,20);1-2H,(H,5,6)(H,7,8)/b;2-1+/t14-,29?;/m0./s1. The molecule has 0 spiro atoms. The van der Waals surface area contributed by atoms with Crippen LogP contribution in [0.3, 0.4) is 0 Å². The van der Waals surface area contributed by atoms with E-state index in [2.05, 4.69) is 15.0 Å². The van der Waals surface area contributed by atoms with Gasteiger partial charge < -0.3 is 34.5 Å². The summed E-state index contributed by atoms with van der Waals surface area (Å²) in [5.41, 5.74) is 6.92. The number of carbonyl (C=O) groups is 3. The van der Waals surface area contributed by atoms with E-state index in [0.29, 0.717) is 55.3 Å². The van der Waals surface area contributed by atoms with Gasteiger partial charge in [-0.1, -0.05) is 13.8 Å². The number of anilines is 1. The Hall–Kier alpha value is -3.39. The van der Waals surface area contributed by atoms with Crippen molar-refractivity contribution in [1.29, 1.82) is 0 Å². The zero-order valence-corrected chi connectivity index (χ0v) is 21.6. The molecule has 3 rings (SSSR count). The number of aliphatic carboxylic acids is 2. The van der Waals surface area contributed by atoms with E-state index in [1.807, 2.05) is 13.8 Å². The zero-order valence-electron chi connectivity index (χ0n) is 20.7. The van der Waals surface area contributed by atoms with Gasteiger partial charge in [0.05, 0.1) is 26.7 Å². The third-order valence-corrected chi connectivity index (χ3v) is 7.47. The Bertz CT molecular complexity index is 1150. The minimum atomic E-state index is -3.32. The molecule has 4 N–H and O–H groups in total. The number of nitrogens with zero attached hydrogens (tertiary/aromatic N) is 5. The number of carbonyl (C=O) groups excluding carboxylic acids is 1. The molecule has 0 saturated carbocycles. The Kier molecular flexibility index (Phi) is 11.1. The molecule has 1 unspecified atom stereocenters. The number of nitrogens with two attached hydrogens (primary N) is 1. The summed E-state index contributed by atoms with van der Waals surface area (Å²) in [5, 5.41) is 15.6. The summed E-state index contributed by atoms with van der Waals surface area (Å²) in [6.07, 6.45) is 4.67. The summed E-state index contributed by atoms with van der Waals surface area (Å²) < 4.78 is 33.1. The number of imidazole rings is 1. The van der Waals surface area contributed by atoms with Gasteiger partial charge in [-0.2, -0.15) is 0 Å². The summed E-state index contributed by atoms with van der Waals surface area (Å²) in [6, 6.07) is -0.646. The van der Waals surface area contributed by atoms with Gasteiger partial charge >= 0.3 is 17.9 Å². The number of rotatable bonds is 10. The van der Waals surface area contributed by atoms with Crippen molar-refractivity contribution in [1.82, 2.24) is 24.2 Å². The van der Waals surface area contributed by atoms with Crippen molar-refractivity contribution in [2.45, 2.75) is 32.9 Å². The second kappa shape index (κ2) is 13.8. The lowest BCUT2D eigenvalue weighted by atomic mass is 10.0. The van der Waals surface area contributed by atoms with Crippen LogP contribution in [-0.4, -0.2) is 91.6 Å². The van der Waals surface area contributed by atoms with Crippen LogP contribution < -0.4 is 5.73 Å². The lowest BCUT2D eigenvalue weighted by Crippen LogP contribution is -2.46. The number of ether oxygens (including phenoxy) is 2. The molecular formula is C21H31N6O9P. The number of carboxylic acids is 2. The van der Waals surface area contributed by atoms with Crippen LogP contribution in [0.5, 0.6) is 0 Å². The average molecular weight is 542 g/mol. The molecule has 3 heterocycles. The Balaban J connectivity index is 0.000000521. The van der Waals surface area contributed by atoms with E-state index in [-0.39, 0.29) is 18.9 Å². The maximum absolute atomic E-state index is 13.5. The molecule has 1 aliphatic rings. The van der Waals surface area contributed by atoms with E-state index in [0.717, 1.165) is 0 Å². The van der Waals surface area contributed by atoms with Crippen molar-refractivity contribution in [3.63, 3.8) is 0 Å². The van der Waals surface area contributed by atoms with Crippen LogP contribution in [0.1, 0.15) is 20.3 Å². The van der Waals surface area contributed by atoms with Crippen LogP contribution in [-0.2, 0) is 39.5 Å². The maximum Gasteiger partial charge on any atom is 0.328 e. The van der Waals surface area contributed by atoms with Gasteiger partial charge in [0, 0.05) is 25.2 Å². The third-order valence-electron chi connectivity index (χ3n) is 5.14. The minimum Gasteiger partial charge on any atom is -0.478 e. The lowest BCUT2D eigenvalue weighted by molar-refractivity contribution is -0.147. The molecular weight excluding hydrogens is 511 g/mol. The van der Waals surface area contributed by atoms with Gasteiger partial charge in [0.1, 0.15) is 24.2 Å². The van der Waals surface area contributed by atoms with Crippen LogP contribution in [0.15, 0.2) is 24.8 Å². The predicted molar refractivity (Wildman–Crippen MR) is 130 cm³/mol. The molecule has 15 nitrogen and oxygen atoms in total.